The Labute approximate surface area is 110 Å². The molecule has 0 bridgehead atoms. The third-order valence-corrected chi connectivity index (χ3v) is 4.49. The molecule has 2 aromatic rings. The minimum atomic E-state index is 0.116. The lowest BCUT2D eigenvalue weighted by molar-refractivity contribution is 0.297. The van der Waals surface area contributed by atoms with Crippen LogP contribution in [0.5, 0.6) is 0 Å². The number of hydrogen-bond donors (Lipinski definition) is 1. The highest BCUT2D eigenvalue weighted by Crippen LogP contribution is 2.46. The van der Waals surface area contributed by atoms with Gasteiger partial charge < -0.3 is 9.52 Å². The van der Waals surface area contributed by atoms with E-state index in [0.717, 1.165) is 23.8 Å². The van der Waals surface area contributed by atoms with Crippen LogP contribution < -0.4 is 0 Å². The first-order valence-electron chi connectivity index (χ1n) is 6.09. The molecule has 0 saturated heterocycles. The smallest absolute Gasteiger partial charge is 0.208 e. The van der Waals surface area contributed by atoms with E-state index in [-0.39, 0.29) is 11.9 Å². The van der Waals surface area contributed by atoms with E-state index in [1.165, 1.54) is 10.5 Å². The van der Waals surface area contributed by atoms with Crippen molar-refractivity contribution in [2.24, 2.45) is 0 Å². The Hall–Kier alpha value is -1.26. The van der Waals surface area contributed by atoms with Gasteiger partial charge in [-0.2, -0.15) is 0 Å². The molecule has 1 unspecified atom stereocenters. The van der Waals surface area contributed by atoms with Crippen molar-refractivity contribution in [3.63, 3.8) is 0 Å². The Balaban J connectivity index is 1.84. The summed E-state index contributed by atoms with van der Waals surface area (Å²) >= 11 is 1.81. The van der Waals surface area contributed by atoms with Crippen LogP contribution in [-0.4, -0.2) is 16.7 Å². The molecule has 3 rings (SSSR count). The maximum atomic E-state index is 8.97. The largest absolute Gasteiger partial charge is 0.444 e. The molecule has 18 heavy (non-hydrogen) atoms. The van der Waals surface area contributed by atoms with Crippen molar-refractivity contribution >= 4 is 11.8 Å². The number of fused-ring (bicyclic) bond motifs is 1. The van der Waals surface area contributed by atoms with Gasteiger partial charge in [-0.3, -0.25) is 0 Å². The zero-order valence-electron chi connectivity index (χ0n) is 10.2. The summed E-state index contributed by atoms with van der Waals surface area (Å²) in [6, 6.07) is 8.43. The van der Waals surface area contributed by atoms with Crippen LogP contribution >= 0.6 is 11.8 Å². The van der Waals surface area contributed by atoms with Gasteiger partial charge in [-0.1, -0.05) is 18.2 Å². The molecule has 0 radical (unpaired) electrons. The van der Waals surface area contributed by atoms with Crippen molar-refractivity contribution in [1.29, 1.82) is 0 Å². The number of aromatic nitrogens is 1. The van der Waals surface area contributed by atoms with Gasteiger partial charge in [0.15, 0.2) is 0 Å². The zero-order chi connectivity index (χ0) is 12.5. The third kappa shape index (κ3) is 2.06. The minimum absolute atomic E-state index is 0.116. The number of oxazole rings is 1. The molecule has 2 heterocycles. The fraction of sp³-hybridized carbons (Fsp3) is 0.357. The second-order valence-electron chi connectivity index (χ2n) is 4.45. The van der Waals surface area contributed by atoms with Crippen LogP contribution in [0.4, 0.5) is 0 Å². The number of benzene rings is 1. The highest BCUT2D eigenvalue weighted by molar-refractivity contribution is 7.99. The Bertz CT molecular complexity index is 540. The van der Waals surface area contributed by atoms with E-state index in [1.54, 1.807) is 0 Å². The maximum absolute atomic E-state index is 8.97. The van der Waals surface area contributed by atoms with Crippen molar-refractivity contribution in [2.45, 2.75) is 29.9 Å². The molecule has 1 atom stereocenters. The molecule has 0 fully saturated rings. The van der Waals surface area contributed by atoms with Crippen LogP contribution in [0.15, 0.2) is 33.6 Å². The maximum Gasteiger partial charge on any atom is 0.208 e. The molecule has 1 N–H and O–H groups in total. The monoisotopic (exact) mass is 261 g/mol. The molecular weight excluding hydrogens is 246 g/mol. The fourth-order valence-electron chi connectivity index (χ4n) is 2.25. The molecule has 0 aliphatic carbocycles. The molecular formula is C14H15NO2S. The number of nitrogens with zero attached hydrogens (tertiary/aromatic N) is 1. The van der Waals surface area contributed by atoms with Crippen LogP contribution in [0.25, 0.3) is 0 Å². The normalized spacial score (nSPS) is 18.0. The molecule has 0 saturated carbocycles. The van der Waals surface area contributed by atoms with Crippen LogP contribution in [0.3, 0.4) is 0 Å². The van der Waals surface area contributed by atoms with Gasteiger partial charge in [0.25, 0.3) is 0 Å². The average Bonchev–Trinajstić information content (AvgIpc) is 2.94. The first kappa shape index (κ1) is 11.8. The summed E-state index contributed by atoms with van der Waals surface area (Å²) in [4.78, 5) is 5.84. The van der Waals surface area contributed by atoms with Crippen LogP contribution in [0, 0.1) is 6.92 Å². The molecule has 1 aliphatic rings. The first-order valence-corrected chi connectivity index (χ1v) is 6.97. The summed E-state index contributed by atoms with van der Waals surface area (Å²) in [5.74, 6) is 1.62. The van der Waals surface area contributed by atoms with Gasteiger partial charge in [0.1, 0.15) is 5.76 Å². The number of aryl methyl sites for hydroxylation is 1. The summed E-state index contributed by atoms with van der Waals surface area (Å²) in [5, 5.41) is 9.25. The van der Waals surface area contributed by atoms with Gasteiger partial charge in [0, 0.05) is 17.9 Å². The molecule has 0 spiro atoms. The second-order valence-corrected chi connectivity index (χ2v) is 5.69. The van der Waals surface area contributed by atoms with Crippen LogP contribution in [0.1, 0.15) is 28.2 Å². The van der Waals surface area contributed by atoms with Gasteiger partial charge >= 0.3 is 0 Å². The molecule has 0 amide bonds. The molecule has 1 aromatic heterocycles. The lowest BCUT2D eigenvalue weighted by Gasteiger charge is -2.01. The van der Waals surface area contributed by atoms with E-state index in [2.05, 4.69) is 29.2 Å². The standard InChI is InChI=1S/C14H15NO2S/c1-9-11(6-7-16)15-14(17-9)13-8-10-4-2-3-5-12(10)18-13/h2-5,13,16H,6-8H2,1H3. The van der Waals surface area contributed by atoms with Gasteiger partial charge in [0.05, 0.1) is 10.9 Å². The van der Waals surface area contributed by atoms with E-state index < -0.39 is 0 Å². The fourth-order valence-corrected chi connectivity index (χ4v) is 3.48. The van der Waals surface area contributed by atoms with E-state index >= 15 is 0 Å². The number of hydrogen-bond acceptors (Lipinski definition) is 4. The van der Waals surface area contributed by atoms with E-state index in [0.29, 0.717) is 6.42 Å². The third-order valence-electron chi connectivity index (χ3n) is 3.18. The van der Waals surface area contributed by atoms with Crippen LogP contribution in [0.2, 0.25) is 0 Å². The van der Waals surface area contributed by atoms with E-state index in [9.17, 15) is 0 Å². The Morgan fingerprint density at radius 1 is 1.44 bits per heavy atom. The lowest BCUT2D eigenvalue weighted by Crippen LogP contribution is -1.95. The predicted octanol–water partition coefficient (Wildman–Crippen LogP) is 2.91. The lowest BCUT2D eigenvalue weighted by atomic mass is 10.1. The highest BCUT2D eigenvalue weighted by atomic mass is 32.2. The predicted molar refractivity (Wildman–Crippen MR) is 70.8 cm³/mol. The quantitative estimate of drug-likeness (QED) is 0.922. The molecule has 94 valence electrons. The van der Waals surface area contributed by atoms with Crippen molar-refractivity contribution in [2.75, 3.05) is 6.61 Å². The summed E-state index contributed by atoms with van der Waals surface area (Å²) in [7, 11) is 0. The average molecular weight is 261 g/mol. The van der Waals surface area contributed by atoms with Gasteiger partial charge in [-0.05, 0) is 25.0 Å². The summed E-state index contributed by atoms with van der Waals surface area (Å²) in [5.41, 5.74) is 2.25. The SMILES string of the molecule is Cc1oc(C2Cc3ccccc3S2)nc1CCO. The minimum Gasteiger partial charge on any atom is -0.444 e. The van der Waals surface area contributed by atoms with Gasteiger partial charge in [0.2, 0.25) is 5.89 Å². The Morgan fingerprint density at radius 3 is 3.06 bits per heavy atom. The van der Waals surface area contributed by atoms with Gasteiger partial charge in [-0.25, -0.2) is 4.98 Å². The Morgan fingerprint density at radius 2 is 2.28 bits per heavy atom. The molecule has 1 aromatic carbocycles. The molecule has 1 aliphatic heterocycles. The number of aliphatic hydroxyl groups excluding tert-OH is 1. The summed E-state index contributed by atoms with van der Waals surface area (Å²) in [6.07, 6.45) is 1.54. The molecule has 3 nitrogen and oxygen atoms in total. The van der Waals surface area contributed by atoms with E-state index in [4.69, 9.17) is 9.52 Å². The highest BCUT2D eigenvalue weighted by Gasteiger charge is 2.27. The molecule has 4 heteroatoms. The summed E-state index contributed by atoms with van der Waals surface area (Å²) < 4.78 is 5.74. The number of aliphatic hydroxyl groups is 1. The van der Waals surface area contributed by atoms with Crippen molar-refractivity contribution in [1.82, 2.24) is 4.98 Å². The van der Waals surface area contributed by atoms with Crippen molar-refractivity contribution in [3.8, 4) is 0 Å². The van der Waals surface area contributed by atoms with E-state index in [1.807, 2.05) is 18.7 Å². The number of rotatable bonds is 3. The zero-order valence-corrected chi connectivity index (χ0v) is 11.0. The summed E-state index contributed by atoms with van der Waals surface area (Å²) in [6.45, 7) is 2.03. The Kier molecular flexibility index (Phi) is 3.14. The first-order chi connectivity index (χ1) is 8.78. The second kappa shape index (κ2) is 4.78. The van der Waals surface area contributed by atoms with Crippen LogP contribution in [-0.2, 0) is 12.8 Å². The van der Waals surface area contributed by atoms with Crippen molar-refractivity contribution in [3.05, 3.63) is 47.2 Å². The number of thioether (sulfide) groups is 1. The topological polar surface area (TPSA) is 46.3 Å². The van der Waals surface area contributed by atoms with Crippen molar-refractivity contribution < 1.29 is 9.52 Å². The van der Waals surface area contributed by atoms with Gasteiger partial charge in [-0.15, -0.1) is 11.8 Å².